The molecule has 0 unspecified atom stereocenters. The van der Waals surface area contributed by atoms with Gasteiger partial charge in [-0.3, -0.25) is 9.59 Å². The van der Waals surface area contributed by atoms with Gasteiger partial charge in [0.1, 0.15) is 5.75 Å². The van der Waals surface area contributed by atoms with Gasteiger partial charge < -0.3 is 15.0 Å². The number of carbonyl (C=O) groups is 2. The Morgan fingerprint density at radius 1 is 1.14 bits per heavy atom. The summed E-state index contributed by atoms with van der Waals surface area (Å²) in [6.45, 7) is 3.74. The van der Waals surface area contributed by atoms with Gasteiger partial charge in [0, 0.05) is 23.2 Å². The number of halogens is 1. The van der Waals surface area contributed by atoms with Gasteiger partial charge in [-0.2, -0.15) is 0 Å². The molecule has 0 heterocycles. The van der Waals surface area contributed by atoms with Crippen LogP contribution in [-0.4, -0.2) is 36.4 Å². The highest BCUT2D eigenvalue weighted by Crippen LogP contribution is 2.29. The van der Waals surface area contributed by atoms with Crippen molar-refractivity contribution in [2.24, 2.45) is 5.92 Å². The summed E-state index contributed by atoms with van der Waals surface area (Å²) in [7, 11) is 0. The van der Waals surface area contributed by atoms with Crippen molar-refractivity contribution in [3.05, 3.63) is 58.6 Å². The number of nitrogens with one attached hydrogen (secondary N) is 1. The normalized spacial score (nSPS) is 13.1. The number of carbonyl (C=O) groups excluding carboxylic acids is 2. The van der Waals surface area contributed by atoms with E-state index < -0.39 is 0 Å². The molecule has 1 aliphatic rings. The molecule has 28 heavy (non-hydrogen) atoms. The predicted octanol–water partition coefficient (Wildman–Crippen LogP) is 4.73. The molecule has 0 radical (unpaired) electrons. The smallest absolute Gasteiger partial charge is 0.260 e. The first-order chi connectivity index (χ1) is 13.6. The van der Waals surface area contributed by atoms with Gasteiger partial charge in [0.2, 0.25) is 0 Å². The van der Waals surface area contributed by atoms with E-state index in [0.29, 0.717) is 22.9 Å². The molecule has 2 aromatic rings. The fourth-order valence-corrected chi connectivity index (χ4v) is 3.38. The second-order valence-electron chi connectivity index (χ2n) is 7.03. The second kappa shape index (κ2) is 9.73. The van der Waals surface area contributed by atoms with Gasteiger partial charge in [0.05, 0.1) is 5.56 Å². The molecule has 1 fully saturated rings. The number of nitrogens with zero attached hydrogens (tertiary/aromatic N) is 1. The molecule has 0 atom stereocenters. The standard InChI is InChI=1S/C22H25BrN2O3/c1-2-13-25(14-16-7-8-16)21(26)15-28-18-11-9-17(10-12-18)24-22(27)19-5-3-4-6-20(19)23/h3-6,9-12,16H,2,7-8,13-15H2,1H3,(H,24,27). The Balaban J connectivity index is 1.51. The third-order valence-corrected chi connectivity index (χ3v) is 5.31. The molecule has 0 saturated heterocycles. The Bertz CT molecular complexity index is 819. The fourth-order valence-electron chi connectivity index (χ4n) is 2.91. The first-order valence-corrected chi connectivity index (χ1v) is 10.4. The van der Waals surface area contributed by atoms with E-state index in [2.05, 4.69) is 28.2 Å². The lowest BCUT2D eigenvalue weighted by Gasteiger charge is -2.22. The molecule has 148 valence electrons. The predicted molar refractivity (Wildman–Crippen MR) is 114 cm³/mol. The lowest BCUT2D eigenvalue weighted by atomic mass is 10.2. The van der Waals surface area contributed by atoms with Crippen molar-refractivity contribution in [1.82, 2.24) is 4.90 Å². The van der Waals surface area contributed by atoms with Crippen LogP contribution < -0.4 is 10.1 Å². The topological polar surface area (TPSA) is 58.6 Å². The molecule has 2 amide bonds. The quantitative estimate of drug-likeness (QED) is 0.607. The zero-order chi connectivity index (χ0) is 19.9. The Morgan fingerprint density at radius 3 is 2.50 bits per heavy atom. The van der Waals surface area contributed by atoms with E-state index in [1.807, 2.05) is 23.1 Å². The van der Waals surface area contributed by atoms with Crippen molar-refractivity contribution >= 4 is 33.4 Å². The van der Waals surface area contributed by atoms with Gasteiger partial charge in [0.25, 0.3) is 11.8 Å². The third-order valence-electron chi connectivity index (χ3n) is 4.61. The molecule has 3 rings (SSSR count). The molecule has 0 aliphatic heterocycles. The van der Waals surface area contributed by atoms with Crippen LogP contribution in [0.3, 0.4) is 0 Å². The van der Waals surface area contributed by atoms with Crippen LogP contribution in [0, 0.1) is 5.92 Å². The minimum Gasteiger partial charge on any atom is -0.484 e. The third kappa shape index (κ3) is 5.83. The zero-order valence-electron chi connectivity index (χ0n) is 16.0. The zero-order valence-corrected chi connectivity index (χ0v) is 17.6. The molecular weight excluding hydrogens is 420 g/mol. The van der Waals surface area contributed by atoms with Crippen molar-refractivity contribution in [3.63, 3.8) is 0 Å². The number of ether oxygens (including phenoxy) is 1. The van der Waals surface area contributed by atoms with Crippen LogP contribution in [0.1, 0.15) is 36.5 Å². The molecule has 0 bridgehead atoms. The number of rotatable bonds is 9. The maximum absolute atomic E-state index is 12.4. The highest BCUT2D eigenvalue weighted by Gasteiger charge is 2.26. The first kappa shape index (κ1) is 20.4. The number of amides is 2. The lowest BCUT2D eigenvalue weighted by molar-refractivity contribution is -0.133. The Morgan fingerprint density at radius 2 is 1.86 bits per heavy atom. The molecule has 6 heteroatoms. The number of hydrogen-bond donors (Lipinski definition) is 1. The Hall–Kier alpha value is -2.34. The van der Waals surface area contributed by atoms with Gasteiger partial charge in [-0.05, 0) is 77.5 Å². The fraction of sp³-hybridized carbons (Fsp3) is 0.364. The summed E-state index contributed by atoms with van der Waals surface area (Å²) in [5.74, 6) is 1.12. The highest BCUT2D eigenvalue weighted by atomic mass is 79.9. The maximum Gasteiger partial charge on any atom is 0.260 e. The SMILES string of the molecule is CCCN(CC1CC1)C(=O)COc1ccc(NC(=O)c2ccccc2Br)cc1. The van der Waals surface area contributed by atoms with Crippen molar-refractivity contribution in [3.8, 4) is 5.75 Å². The van der Waals surface area contributed by atoms with Crippen molar-refractivity contribution in [1.29, 1.82) is 0 Å². The van der Waals surface area contributed by atoms with Crippen LogP contribution >= 0.6 is 15.9 Å². The van der Waals surface area contributed by atoms with Crippen molar-refractivity contribution < 1.29 is 14.3 Å². The van der Waals surface area contributed by atoms with E-state index in [0.717, 1.165) is 24.0 Å². The van der Waals surface area contributed by atoms with E-state index in [9.17, 15) is 9.59 Å². The van der Waals surface area contributed by atoms with E-state index in [1.54, 1.807) is 30.3 Å². The summed E-state index contributed by atoms with van der Waals surface area (Å²) >= 11 is 3.38. The summed E-state index contributed by atoms with van der Waals surface area (Å²) in [6, 6.07) is 14.3. The van der Waals surface area contributed by atoms with Crippen molar-refractivity contribution in [2.45, 2.75) is 26.2 Å². The Labute approximate surface area is 174 Å². The van der Waals surface area contributed by atoms with Crippen LogP contribution in [0.25, 0.3) is 0 Å². The largest absolute Gasteiger partial charge is 0.484 e. The molecule has 1 N–H and O–H groups in total. The van der Waals surface area contributed by atoms with Crippen LogP contribution in [0.4, 0.5) is 5.69 Å². The average molecular weight is 445 g/mol. The molecule has 0 aromatic heterocycles. The number of hydrogen-bond acceptors (Lipinski definition) is 3. The van der Waals surface area contributed by atoms with E-state index >= 15 is 0 Å². The van der Waals surface area contributed by atoms with Gasteiger partial charge in [-0.25, -0.2) is 0 Å². The van der Waals surface area contributed by atoms with Crippen LogP contribution in [0.15, 0.2) is 53.0 Å². The van der Waals surface area contributed by atoms with E-state index in [1.165, 1.54) is 12.8 Å². The Kier molecular flexibility index (Phi) is 7.09. The summed E-state index contributed by atoms with van der Waals surface area (Å²) in [5, 5.41) is 2.85. The molecule has 1 aliphatic carbocycles. The van der Waals surface area contributed by atoms with Crippen molar-refractivity contribution in [2.75, 3.05) is 25.0 Å². The van der Waals surface area contributed by atoms with Crippen LogP contribution in [0.5, 0.6) is 5.75 Å². The van der Waals surface area contributed by atoms with E-state index in [4.69, 9.17) is 4.74 Å². The first-order valence-electron chi connectivity index (χ1n) is 9.63. The minimum atomic E-state index is -0.188. The second-order valence-corrected chi connectivity index (χ2v) is 7.88. The highest BCUT2D eigenvalue weighted by molar-refractivity contribution is 9.10. The van der Waals surface area contributed by atoms with Crippen LogP contribution in [0.2, 0.25) is 0 Å². The number of benzene rings is 2. The summed E-state index contributed by atoms with van der Waals surface area (Å²) < 4.78 is 6.39. The monoisotopic (exact) mass is 444 g/mol. The molecule has 1 saturated carbocycles. The lowest BCUT2D eigenvalue weighted by Crippen LogP contribution is -2.37. The summed E-state index contributed by atoms with van der Waals surface area (Å²) in [4.78, 5) is 26.7. The average Bonchev–Trinajstić information content (AvgIpc) is 3.51. The van der Waals surface area contributed by atoms with E-state index in [-0.39, 0.29) is 18.4 Å². The molecule has 0 spiro atoms. The summed E-state index contributed by atoms with van der Waals surface area (Å²) in [5.41, 5.74) is 1.24. The van der Waals surface area contributed by atoms with Gasteiger partial charge in [-0.15, -0.1) is 0 Å². The van der Waals surface area contributed by atoms with Gasteiger partial charge >= 0.3 is 0 Å². The number of anilines is 1. The minimum absolute atomic E-state index is 0.0278. The van der Waals surface area contributed by atoms with Gasteiger partial charge in [0.15, 0.2) is 6.61 Å². The molecule has 5 nitrogen and oxygen atoms in total. The summed E-state index contributed by atoms with van der Waals surface area (Å²) in [6.07, 6.45) is 3.40. The molecular formula is C22H25BrN2O3. The van der Waals surface area contributed by atoms with Gasteiger partial charge in [-0.1, -0.05) is 19.1 Å². The van der Waals surface area contributed by atoms with Crippen LogP contribution in [-0.2, 0) is 4.79 Å². The molecule has 2 aromatic carbocycles. The maximum atomic E-state index is 12.4.